The molecule has 4 rings (SSSR count). The number of nitrogens with zero attached hydrogens (tertiary/aromatic N) is 6. The summed E-state index contributed by atoms with van der Waals surface area (Å²) in [5.41, 5.74) is 0.292. The van der Waals surface area contributed by atoms with Crippen LogP contribution in [-0.4, -0.2) is 91.4 Å². The highest BCUT2D eigenvalue weighted by atomic mass is 35.5. The fraction of sp³-hybridized carbons (Fsp3) is 0.517. The van der Waals surface area contributed by atoms with E-state index in [4.69, 9.17) is 11.6 Å². The molecule has 3 heterocycles. The number of para-hydroxylation sites is 1. The first kappa shape index (κ1) is 31.6. The van der Waals surface area contributed by atoms with Gasteiger partial charge in [-0.05, 0) is 44.5 Å². The molecule has 2 atom stereocenters. The van der Waals surface area contributed by atoms with E-state index in [0.717, 1.165) is 23.6 Å². The number of aryl methyl sites for hydroxylation is 1. The summed E-state index contributed by atoms with van der Waals surface area (Å²) < 4.78 is 40.5. The molecule has 2 aliphatic heterocycles. The van der Waals surface area contributed by atoms with Crippen LogP contribution >= 0.6 is 11.6 Å². The number of benzene rings is 1. The predicted molar refractivity (Wildman–Crippen MR) is 156 cm³/mol. The molecule has 3 amide bonds. The highest BCUT2D eigenvalue weighted by Crippen LogP contribution is 2.38. The average Bonchev–Trinajstić information content (AvgIpc) is 3.31. The summed E-state index contributed by atoms with van der Waals surface area (Å²) in [6.45, 7) is 8.43. The zero-order valence-electron chi connectivity index (χ0n) is 24.4. The number of hydrogen-bond donors (Lipinski definition) is 0. The Kier molecular flexibility index (Phi) is 9.36. The second-order valence-corrected chi connectivity index (χ2v) is 11.4. The van der Waals surface area contributed by atoms with Gasteiger partial charge in [-0.15, -0.1) is 0 Å². The van der Waals surface area contributed by atoms with Crippen LogP contribution < -0.4 is 14.7 Å². The van der Waals surface area contributed by atoms with Crippen LogP contribution in [-0.2, 0) is 20.6 Å². The van der Waals surface area contributed by atoms with Gasteiger partial charge in [-0.25, -0.2) is 4.98 Å². The Hall–Kier alpha value is -3.38. The molecule has 0 N–H and O–H groups in total. The van der Waals surface area contributed by atoms with Gasteiger partial charge >= 0.3 is 6.18 Å². The van der Waals surface area contributed by atoms with Crippen LogP contribution in [0.4, 0.5) is 30.4 Å². The molecule has 0 spiro atoms. The number of hydrogen-bond acceptors (Lipinski definition) is 6. The minimum Gasteiger partial charge on any atom is -0.370 e. The van der Waals surface area contributed by atoms with Crippen LogP contribution in [0.15, 0.2) is 30.3 Å². The maximum Gasteiger partial charge on any atom is 0.416 e. The van der Waals surface area contributed by atoms with Crippen molar-refractivity contribution in [3.63, 3.8) is 0 Å². The van der Waals surface area contributed by atoms with Crippen LogP contribution in [0.25, 0.3) is 0 Å². The van der Waals surface area contributed by atoms with Gasteiger partial charge in [-0.2, -0.15) is 13.2 Å². The number of carbonyl (C=O) groups excluding carboxylic acids is 3. The van der Waals surface area contributed by atoms with Crippen LogP contribution in [0.2, 0.25) is 5.02 Å². The number of halogens is 4. The van der Waals surface area contributed by atoms with Crippen LogP contribution in [0.3, 0.4) is 0 Å². The number of alkyl halides is 3. The van der Waals surface area contributed by atoms with E-state index in [1.165, 1.54) is 11.8 Å². The lowest BCUT2D eigenvalue weighted by atomic mass is 10.1. The first-order chi connectivity index (χ1) is 19.7. The molecular formula is C29H36ClF3N6O3. The van der Waals surface area contributed by atoms with Crippen LogP contribution in [0, 0.1) is 6.92 Å². The summed E-state index contributed by atoms with van der Waals surface area (Å²) in [4.78, 5) is 51.2. The molecule has 0 aliphatic carbocycles. The molecule has 42 heavy (non-hydrogen) atoms. The number of piperazine rings is 1. The fourth-order valence-electron chi connectivity index (χ4n) is 5.64. The van der Waals surface area contributed by atoms with Crippen molar-refractivity contribution >= 4 is 46.5 Å². The highest BCUT2D eigenvalue weighted by molar-refractivity contribution is 6.34. The number of rotatable bonds is 7. The van der Waals surface area contributed by atoms with Crippen molar-refractivity contribution in [3.05, 3.63) is 46.6 Å². The standard InChI is InChI=1S/C29H36ClF3N6O3/c1-18-15-21(29(31,32)33)16-25(34-18)39-24(9-10-26(39)41)28(42)36(5)23-8-6-7-22(30)27(23)35(4)11-12-37-13-14-38(20(3)40)17-19(37)2/h6-8,15-16,19,24H,9-14,17H2,1-5H3/t19-,24?/m0/s1. The molecule has 9 nitrogen and oxygen atoms in total. The molecule has 1 unspecified atom stereocenters. The van der Waals surface area contributed by atoms with Crippen molar-refractivity contribution in [2.24, 2.45) is 0 Å². The lowest BCUT2D eigenvalue weighted by molar-refractivity contribution is -0.137. The fourth-order valence-corrected chi connectivity index (χ4v) is 5.96. The van der Waals surface area contributed by atoms with Gasteiger partial charge in [0.15, 0.2) is 0 Å². The van der Waals surface area contributed by atoms with E-state index in [2.05, 4.69) is 16.8 Å². The molecule has 13 heteroatoms. The minimum absolute atomic E-state index is 0.0125. The monoisotopic (exact) mass is 608 g/mol. The third-order valence-electron chi connectivity index (χ3n) is 7.98. The van der Waals surface area contributed by atoms with Gasteiger partial charge in [0, 0.05) is 71.9 Å². The van der Waals surface area contributed by atoms with Crippen molar-refractivity contribution in [2.45, 2.75) is 51.9 Å². The molecule has 2 aliphatic rings. The van der Waals surface area contributed by atoms with E-state index in [1.54, 1.807) is 32.2 Å². The van der Waals surface area contributed by atoms with Gasteiger partial charge in [-0.1, -0.05) is 17.7 Å². The van der Waals surface area contributed by atoms with E-state index in [-0.39, 0.29) is 36.3 Å². The summed E-state index contributed by atoms with van der Waals surface area (Å²) in [6, 6.07) is 6.08. The summed E-state index contributed by atoms with van der Waals surface area (Å²) in [5.74, 6) is -1.05. The van der Waals surface area contributed by atoms with E-state index >= 15 is 0 Å². The average molecular weight is 609 g/mol. The largest absolute Gasteiger partial charge is 0.416 e. The molecule has 0 radical (unpaired) electrons. The first-order valence-corrected chi connectivity index (χ1v) is 14.2. The summed E-state index contributed by atoms with van der Waals surface area (Å²) in [5, 5.41) is 0.429. The minimum atomic E-state index is -4.62. The Balaban J connectivity index is 1.54. The van der Waals surface area contributed by atoms with E-state index in [0.29, 0.717) is 42.6 Å². The van der Waals surface area contributed by atoms with Crippen LogP contribution in [0.1, 0.15) is 37.9 Å². The highest BCUT2D eigenvalue weighted by Gasteiger charge is 2.41. The van der Waals surface area contributed by atoms with Gasteiger partial charge in [0.25, 0.3) is 0 Å². The maximum absolute atomic E-state index is 13.8. The molecule has 2 saturated heterocycles. The molecule has 1 aromatic carbocycles. The normalized spacial score (nSPS) is 19.8. The Labute approximate surface area is 248 Å². The van der Waals surface area contributed by atoms with Gasteiger partial charge in [0.05, 0.1) is 22.0 Å². The Bertz CT molecular complexity index is 1360. The molecular weight excluding hydrogens is 573 g/mol. The summed E-state index contributed by atoms with van der Waals surface area (Å²) in [7, 11) is 3.44. The Morgan fingerprint density at radius 3 is 2.52 bits per heavy atom. The van der Waals surface area contributed by atoms with Crippen molar-refractivity contribution in [1.29, 1.82) is 0 Å². The number of anilines is 3. The SMILES string of the molecule is CC(=O)N1CCN(CCN(C)c2c(Cl)cccc2N(C)C(=O)C2CCC(=O)N2c2cc(C(F)(F)F)cc(C)n2)[C@@H](C)C1. The number of likely N-dealkylation sites (N-methyl/N-ethyl adjacent to an activating group) is 2. The van der Waals surface area contributed by atoms with Gasteiger partial charge in [0.2, 0.25) is 17.7 Å². The Morgan fingerprint density at radius 1 is 1.17 bits per heavy atom. The van der Waals surface area contributed by atoms with Crippen molar-refractivity contribution in [2.75, 3.05) is 61.5 Å². The maximum atomic E-state index is 13.8. The zero-order valence-corrected chi connectivity index (χ0v) is 25.2. The number of pyridine rings is 1. The van der Waals surface area contributed by atoms with E-state index in [9.17, 15) is 27.6 Å². The molecule has 1 aromatic heterocycles. The second kappa shape index (κ2) is 12.5. The third-order valence-corrected chi connectivity index (χ3v) is 8.29. The molecule has 2 fully saturated rings. The third kappa shape index (κ3) is 6.64. The van der Waals surface area contributed by atoms with Crippen molar-refractivity contribution in [1.82, 2.24) is 14.8 Å². The van der Waals surface area contributed by atoms with Gasteiger partial charge in [0.1, 0.15) is 11.9 Å². The predicted octanol–water partition coefficient (Wildman–Crippen LogP) is 4.21. The smallest absolute Gasteiger partial charge is 0.370 e. The topological polar surface area (TPSA) is 80.3 Å². The van der Waals surface area contributed by atoms with Crippen molar-refractivity contribution in [3.8, 4) is 0 Å². The van der Waals surface area contributed by atoms with Crippen LogP contribution in [0.5, 0.6) is 0 Å². The number of carbonyl (C=O) groups is 3. The summed E-state index contributed by atoms with van der Waals surface area (Å²) >= 11 is 6.64. The van der Waals surface area contributed by atoms with E-state index in [1.807, 2.05) is 16.8 Å². The number of aromatic nitrogens is 1. The van der Waals surface area contributed by atoms with Crippen molar-refractivity contribution < 1.29 is 27.6 Å². The molecule has 228 valence electrons. The van der Waals surface area contributed by atoms with Gasteiger partial charge < -0.3 is 14.7 Å². The molecule has 2 aromatic rings. The quantitative estimate of drug-likeness (QED) is 0.469. The number of amides is 3. The van der Waals surface area contributed by atoms with Gasteiger partial charge in [-0.3, -0.25) is 24.2 Å². The lowest BCUT2D eigenvalue weighted by Gasteiger charge is -2.40. The lowest BCUT2D eigenvalue weighted by Crippen LogP contribution is -2.54. The zero-order chi connectivity index (χ0) is 30.9. The molecule has 0 saturated carbocycles. The van der Waals surface area contributed by atoms with E-state index < -0.39 is 29.6 Å². The Morgan fingerprint density at radius 2 is 1.88 bits per heavy atom. The second-order valence-electron chi connectivity index (χ2n) is 10.9. The summed E-state index contributed by atoms with van der Waals surface area (Å²) in [6.07, 6.45) is -4.46. The first-order valence-electron chi connectivity index (χ1n) is 13.8. The molecule has 0 bridgehead atoms.